The second kappa shape index (κ2) is 8.27. The van der Waals surface area contributed by atoms with E-state index in [2.05, 4.69) is 40.3 Å². The molecule has 3 N–H and O–H groups in total. The van der Waals surface area contributed by atoms with E-state index in [0.717, 1.165) is 30.5 Å². The largest absolute Gasteiger partial charge is 0.324 e. The molecule has 158 valence electrons. The zero-order valence-electron chi connectivity index (χ0n) is 17.1. The van der Waals surface area contributed by atoms with Crippen molar-refractivity contribution in [1.82, 2.24) is 19.8 Å². The van der Waals surface area contributed by atoms with Gasteiger partial charge >= 0.3 is 0 Å². The molecular formula is C21H26N6O2S. The lowest BCUT2D eigenvalue weighted by Gasteiger charge is -2.20. The summed E-state index contributed by atoms with van der Waals surface area (Å²) >= 11 is 0. The number of rotatable bonds is 6. The quantitative estimate of drug-likeness (QED) is 0.622. The number of benzene rings is 2. The average Bonchev–Trinajstić information content (AvgIpc) is 3.17. The number of hydrogen-bond acceptors (Lipinski definition) is 7. The highest BCUT2D eigenvalue weighted by Gasteiger charge is 2.24. The van der Waals surface area contributed by atoms with Crippen molar-refractivity contribution in [2.75, 3.05) is 32.5 Å². The Bertz CT molecular complexity index is 1150. The van der Waals surface area contributed by atoms with Crippen molar-refractivity contribution in [3.8, 4) is 0 Å². The number of para-hydroxylation sites is 1. The van der Waals surface area contributed by atoms with Crippen molar-refractivity contribution < 1.29 is 8.42 Å². The molecule has 1 aliphatic heterocycles. The van der Waals surface area contributed by atoms with Gasteiger partial charge in [0.15, 0.2) is 0 Å². The molecule has 0 saturated carbocycles. The van der Waals surface area contributed by atoms with E-state index in [1.54, 1.807) is 18.3 Å². The van der Waals surface area contributed by atoms with Gasteiger partial charge in [-0.2, -0.15) is 0 Å². The van der Waals surface area contributed by atoms with Crippen LogP contribution in [0.5, 0.6) is 0 Å². The Labute approximate surface area is 176 Å². The van der Waals surface area contributed by atoms with Crippen LogP contribution in [0.15, 0.2) is 53.6 Å². The van der Waals surface area contributed by atoms with Crippen molar-refractivity contribution in [2.45, 2.75) is 23.9 Å². The lowest BCUT2D eigenvalue weighted by Crippen LogP contribution is -2.31. The van der Waals surface area contributed by atoms with Gasteiger partial charge < -0.3 is 10.2 Å². The maximum Gasteiger partial charge on any atom is 0.238 e. The Balaban J connectivity index is 1.55. The summed E-state index contributed by atoms with van der Waals surface area (Å²) in [7, 11) is 0.549. The van der Waals surface area contributed by atoms with Crippen LogP contribution >= 0.6 is 0 Å². The Hall–Kier alpha value is -2.59. The second-order valence-corrected chi connectivity index (χ2v) is 9.45. The molecule has 9 heteroatoms. The van der Waals surface area contributed by atoms with Crippen molar-refractivity contribution in [1.29, 1.82) is 0 Å². The normalized spacial score (nSPS) is 17.7. The Morgan fingerprint density at radius 2 is 1.97 bits per heavy atom. The zero-order valence-corrected chi connectivity index (χ0v) is 17.9. The number of fused-ring (bicyclic) bond motifs is 1. The molecule has 0 bridgehead atoms. The molecule has 1 saturated heterocycles. The highest BCUT2D eigenvalue weighted by atomic mass is 32.2. The summed E-state index contributed by atoms with van der Waals surface area (Å²) in [4.78, 5) is 13.9. The van der Waals surface area contributed by atoms with Crippen LogP contribution < -0.4 is 10.5 Å². The Kier molecular flexibility index (Phi) is 5.70. The van der Waals surface area contributed by atoms with Gasteiger partial charge in [0.05, 0.1) is 10.4 Å². The molecule has 0 aliphatic carbocycles. The van der Waals surface area contributed by atoms with Gasteiger partial charge in [0.1, 0.15) is 0 Å². The van der Waals surface area contributed by atoms with E-state index in [4.69, 9.17) is 10.1 Å². The van der Waals surface area contributed by atoms with E-state index in [9.17, 15) is 8.42 Å². The number of primary sulfonamides is 1. The number of likely N-dealkylation sites (N-methyl/N-ethyl adjacent to an activating group) is 1. The minimum absolute atomic E-state index is 0.0661. The average molecular weight is 427 g/mol. The van der Waals surface area contributed by atoms with Crippen molar-refractivity contribution in [3.05, 3.63) is 54.2 Å². The monoisotopic (exact) mass is 426 g/mol. The molecule has 0 radical (unpaired) electrons. The highest BCUT2D eigenvalue weighted by molar-refractivity contribution is 7.89. The number of hydrogen-bond donors (Lipinski definition) is 2. The van der Waals surface area contributed by atoms with E-state index in [-0.39, 0.29) is 4.90 Å². The maximum absolute atomic E-state index is 11.4. The molecule has 3 aromatic rings. The minimum Gasteiger partial charge on any atom is -0.324 e. The third-order valence-corrected chi connectivity index (χ3v) is 6.43. The third-order valence-electron chi connectivity index (χ3n) is 5.51. The topological polar surface area (TPSA) is 104 Å². The molecule has 30 heavy (non-hydrogen) atoms. The molecule has 1 aromatic heterocycles. The lowest BCUT2D eigenvalue weighted by molar-refractivity contribution is 0.265. The first-order valence-corrected chi connectivity index (χ1v) is 11.4. The van der Waals surface area contributed by atoms with Gasteiger partial charge in [-0.05, 0) is 50.3 Å². The lowest BCUT2D eigenvalue weighted by atomic mass is 10.1. The van der Waals surface area contributed by atoms with Crippen LogP contribution in [0.4, 0.5) is 11.6 Å². The predicted molar refractivity (Wildman–Crippen MR) is 118 cm³/mol. The molecule has 4 rings (SSSR count). The summed E-state index contributed by atoms with van der Waals surface area (Å²) < 4.78 is 22.8. The standard InChI is InChI=1S/C21H26N6O2S/c1-26(2)18-10-11-27(14-18)13-16-5-3-4-15-12-23-21(25-20(15)16)24-17-6-8-19(9-7-17)30(22,28)29/h3-9,12,18H,10-11,13-14H2,1-2H3,(H2,22,28,29)(H,23,24,25)/t18-/m1/s1. The first-order chi connectivity index (χ1) is 14.3. The van der Waals surface area contributed by atoms with E-state index < -0.39 is 10.0 Å². The fourth-order valence-corrected chi connectivity index (χ4v) is 4.30. The van der Waals surface area contributed by atoms with Crippen LogP contribution in [-0.2, 0) is 16.6 Å². The van der Waals surface area contributed by atoms with E-state index >= 15 is 0 Å². The molecule has 0 amide bonds. The Morgan fingerprint density at radius 1 is 1.20 bits per heavy atom. The summed E-state index contributed by atoms with van der Waals surface area (Å²) in [6, 6.07) is 13.0. The van der Waals surface area contributed by atoms with Crippen LogP contribution in [0.1, 0.15) is 12.0 Å². The van der Waals surface area contributed by atoms with Crippen LogP contribution in [-0.4, -0.2) is 61.4 Å². The third kappa shape index (κ3) is 4.59. The summed E-state index contributed by atoms with van der Waals surface area (Å²) in [6.07, 6.45) is 2.98. The number of sulfonamides is 1. The van der Waals surface area contributed by atoms with Gasteiger partial charge in [-0.15, -0.1) is 0 Å². The van der Waals surface area contributed by atoms with E-state index in [1.807, 2.05) is 12.1 Å². The van der Waals surface area contributed by atoms with Gasteiger partial charge in [-0.3, -0.25) is 4.90 Å². The molecule has 8 nitrogen and oxygen atoms in total. The fourth-order valence-electron chi connectivity index (χ4n) is 3.78. The molecule has 1 aliphatic rings. The number of aromatic nitrogens is 2. The van der Waals surface area contributed by atoms with Crippen LogP contribution in [0.3, 0.4) is 0 Å². The molecule has 1 fully saturated rings. The second-order valence-electron chi connectivity index (χ2n) is 7.88. The van der Waals surface area contributed by atoms with E-state index in [1.165, 1.54) is 24.1 Å². The maximum atomic E-state index is 11.4. The molecule has 1 atom stereocenters. The number of nitrogens with zero attached hydrogens (tertiary/aromatic N) is 4. The summed E-state index contributed by atoms with van der Waals surface area (Å²) in [5, 5.41) is 9.28. The van der Waals surface area contributed by atoms with Crippen LogP contribution in [0.2, 0.25) is 0 Å². The van der Waals surface area contributed by atoms with Gasteiger partial charge in [-0.1, -0.05) is 18.2 Å². The number of nitrogens with two attached hydrogens (primary N) is 1. The predicted octanol–water partition coefficient (Wildman–Crippen LogP) is 2.16. The molecule has 0 spiro atoms. The minimum atomic E-state index is -3.71. The van der Waals surface area contributed by atoms with Gasteiger partial charge in [0.25, 0.3) is 0 Å². The van der Waals surface area contributed by atoms with Crippen molar-refractivity contribution in [2.24, 2.45) is 5.14 Å². The highest BCUT2D eigenvalue weighted by Crippen LogP contribution is 2.23. The first-order valence-electron chi connectivity index (χ1n) is 9.83. The zero-order chi connectivity index (χ0) is 21.3. The number of anilines is 2. The number of likely N-dealkylation sites (tertiary alicyclic amines) is 1. The van der Waals surface area contributed by atoms with Crippen LogP contribution in [0, 0.1) is 0 Å². The molecular weight excluding hydrogens is 400 g/mol. The molecule has 0 unspecified atom stereocenters. The first kappa shape index (κ1) is 20.7. The van der Waals surface area contributed by atoms with Crippen molar-refractivity contribution >= 4 is 32.6 Å². The summed E-state index contributed by atoms with van der Waals surface area (Å²) in [5.74, 6) is 0.464. The summed E-state index contributed by atoms with van der Waals surface area (Å²) in [6.45, 7) is 2.98. The van der Waals surface area contributed by atoms with Crippen molar-refractivity contribution in [3.63, 3.8) is 0 Å². The van der Waals surface area contributed by atoms with Gasteiger partial charge in [-0.25, -0.2) is 23.5 Å². The molecule has 2 heterocycles. The molecule has 2 aromatic carbocycles. The van der Waals surface area contributed by atoms with Gasteiger partial charge in [0.2, 0.25) is 16.0 Å². The van der Waals surface area contributed by atoms with Gasteiger partial charge in [0, 0.05) is 42.9 Å². The smallest absolute Gasteiger partial charge is 0.238 e. The van der Waals surface area contributed by atoms with Crippen LogP contribution in [0.25, 0.3) is 10.9 Å². The SMILES string of the molecule is CN(C)[C@@H]1CCN(Cc2cccc3cnc(Nc4ccc(S(N)(=O)=O)cc4)nc23)C1. The summed E-state index contributed by atoms with van der Waals surface area (Å²) in [5.41, 5.74) is 2.78. The van der Waals surface area contributed by atoms with E-state index in [0.29, 0.717) is 17.7 Å². The number of nitrogens with one attached hydrogen (secondary N) is 1. The Morgan fingerprint density at radius 3 is 2.63 bits per heavy atom. The fraction of sp³-hybridized carbons (Fsp3) is 0.333.